The van der Waals surface area contributed by atoms with Crippen LogP contribution in [0.3, 0.4) is 0 Å². The highest BCUT2D eigenvalue weighted by atomic mass is 79.9. The second kappa shape index (κ2) is 5.70. The maximum atomic E-state index is 10.5. The quantitative estimate of drug-likeness (QED) is 0.835. The number of methoxy groups -OCH3 is 1. The van der Waals surface area contributed by atoms with Crippen molar-refractivity contribution >= 4 is 15.9 Å². The highest BCUT2D eigenvalue weighted by Gasteiger charge is 2.36. The second-order valence-electron chi connectivity index (χ2n) is 5.24. The minimum atomic E-state index is -0.597. The molecule has 0 spiro atoms. The van der Waals surface area contributed by atoms with Crippen molar-refractivity contribution in [2.24, 2.45) is 0 Å². The van der Waals surface area contributed by atoms with E-state index in [0.29, 0.717) is 0 Å². The highest BCUT2D eigenvalue weighted by molar-refractivity contribution is 9.09. The lowest BCUT2D eigenvalue weighted by Gasteiger charge is -2.34. The van der Waals surface area contributed by atoms with Gasteiger partial charge in [0.1, 0.15) is 17.6 Å². The first-order valence-corrected chi connectivity index (χ1v) is 7.75. The molecule has 3 atom stereocenters. The van der Waals surface area contributed by atoms with Gasteiger partial charge in [-0.15, -0.1) is 0 Å². The Kier molecular flexibility index (Phi) is 3.91. The topological polar surface area (TPSA) is 38.7 Å². The lowest BCUT2D eigenvalue weighted by atomic mass is 9.94. The fourth-order valence-electron chi connectivity index (χ4n) is 2.59. The predicted molar refractivity (Wildman–Crippen MR) is 85.2 cm³/mol. The van der Waals surface area contributed by atoms with E-state index in [9.17, 15) is 5.11 Å². The zero-order valence-electron chi connectivity index (χ0n) is 11.9. The molecule has 4 heteroatoms. The Morgan fingerprint density at radius 3 is 2.52 bits per heavy atom. The van der Waals surface area contributed by atoms with E-state index in [4.69, 9.17) is 9.47 Å². The van der Waals surface area contributed by atoms with Gasteiger partial charge in [-0.1, -0.05) is 39.7 Å². The number of hydrogen-bond acceptors (Lipinski definition) is 3. The molecule has 0 aromatic heterocycles. The van der Waals surface area contributed by atoms with E-state index in [1.807, 2.05) is 49.4 Å². The Balaban J connectivity index is 1.95. The van der Waals surface area contributed by atoms with Gasteiger partial charge in [-0.3, -0.25) is 0 Å². The van der Waals surface area contributed by atoms with Crippen molar-refractivity contribution in [3.05, 3.63) is 59.2 Å². The summed E-state index contributed by atoms with van der Waals surface area (Å²) < 4.78 is 11.3. The number of fused-ring (bicyclic) bond motifs is 1. The van der Waals surface area contributed by atoms with Gasteiger partial charge in [-0.2, -0.15) is 0 Å². The van der Waals surface area contributed by atoms with Crippen LogP contribution in [0.25, 0.3) is 0 Å². The predicted octanol–water partition coefficient (Wildman–Crippen LogP) is 3.93. The van der Waals surface area contributed by atoms with Gasteiger partial charge >= 0.3 is 0 Å². The summed E-state index contributed by atoms with van der Waals surface area (Å²) in [5, 5.41) is 10.5. The normalized spacial score (nSPS) is 24.1. The van der Waals surface area contributed by atoms with Crippen LogP contribution < -0.4 is 9.47 Å². The molecule has 2 aromatic rings. The number of aliphatic hydroxyl groups excluding tert-OH is 1. The number of alkyl halides is 1. The van der Waals surface area contributed by atoms with Crippen LogP contribution in [0.15, 0.2) is 42.5 Å². The fraction of sp³-hybridized carbons (Fsp3) is 0.294. The maximum Gasteiger partial charge on any atom is 0.139 e. The lowest BCUT2D eigenvalue weighted by Crippen LogP contribution is -2.30. The van der Waals surface area contributed by atoms with Crippen LogP contribution in [-0.4, -0.2) is 17.0 Å². The zero-order chi connectivity index (χ0) is 15.0. The number of rotatable bonds is 2. The van der Waals surface area contributed by atoms with Gasteiger partial charge < -0.3 is 14.6 Å². The molecule has 0 bridgehead atoms. The van der Waals surface area contributed by atoms with E-state index in [1.165, 1.54) is 0 Å². The van der Waals surface area contributed by atoms with Crippen molar-refractivity contribution in [2.75, 3.05) is 7.11 Å². The van der Waals surface area contributed by atoms with Gasteiger partial charge in [0.15, 0.2) is 0 Å². The van der Waals surface area contributed by atoms with Gasteiger partial charge in [0.25, 0.3) is 0 Å². The van der Waals surface area contributed by atoms with E-state index >= 15 is 0 Å². The molecule has 0 saturated heterocycles. The molecule has 1 heterocycles. The summed E-state index contributed by atoms with van der Waals surface area (Å²) in [5.74, 6) is 1.54. The second-order valence-corrected chi connectivity index (χ2v) is 6.30. The zero-order valence-corrected chi connectivity index (χ0v) is 13.5. The van der Waals surface area contributed by atoms with Crippen LogP contribution in [0, 0.1) is 6.92 Å². The Hall–Kier alpha value is -1.52. The summed E-state index contributed by atoms with van der Waals surface area (Å²) in [5.41, 5.74) is 2.95. The number of ether oxygens (including phenoxy) is 2. The molecule has 1 aliphatic heterocycles. The highest BCUT2D eigenvalue weighted by Crippen LogP contribution is 2.44. The van der Waals surface area contributed by atoms with E-state index in [2.05, 4.69) is 15.9 Å². The molecule has 0 unspecified atom stereocenters. The summed E-state index contributed by atoms with van der Waals surface area (Å²) in [7, 11) is 1.64. The first-order chi connectivity index (χ1) is 10.1. The average molecular weight is 349 g/mol. The summed E-state index contributed by atoms with van der Waals surface area (Å²) in [6, 6.07) is 13.6. The molecule has 3 nitrogen and oxygen atoms in total. The molecular formula is C17H17BrO3. The number of aliphatic hydroxyl groups is 1. The van der Waals surface area contributed by atoms with E-state index < -0.39 is 6.10 Å². The molecule has 1 aliphatic rings. The SMILES string of the molecule is COc1ccc([C@H]2Oc3ccc(C)cc3[C@@H](O)[C@H]2Br)cc1. The first-order valence-electron chi connectivity index (χ1n) is 6.83. The van der Waals surface area contributed by atoms with Crippen LogP contribution in [0.5, 0.6) is 11.5 Å². The molecule has 21 heavy (non-hydrogen) atoms. The van der Waals surface area contributed by atoms with Gasteiger partial charge in [0.05, 0.1) is 18.0 Å². The number of halogens is 1. The van der Waals surface area contributed by atoms with Crippen molar-refractivity contribution in [3.8, 4) is 11.5 Å². The maximum absolute atomic E-state index is 10.5. The van der Waals surface area contributed by atoms with Crippen molar-refractivity contribution < 1.29 is 14.6 Å². The number of aryl methyl sites for hydroxylation is 1. The largest absolute Gasteiger partial charge is 0.497 e. The Labute approximate surface area is 132 Å². The van der Waals surface area contributed by atoms with E-state index in [0.717, 1.165) is 28.2 Å². The van der Waals surface area contributed by atoms with Crippen LogP contribution in [-0.2, 0) is 0 Å². The minimum absolute atomic E-state index is 0.194. The molecule has 2 aromatic carbocycles. The third kappa shape index (κ3) is 2.65. The summed E-state index contributed by atoms with van der Waals surface area (Å²) in [6.07, 6.45) is -0.832. The van der Waals surface area contributed by atoms with Crippen molar-refractivity contribution in [1.82, 2.24) is 0 Å². The van der Waals surface area contributed by atoms with Crippen molar-refractivity contribution in [3.63, 3.8) is 0 Å². The Bertz CT molecular complexity index is 639. The summed E-state index contributed by atoms with van der Waals surface area (Å²) in [6.45, 7) is 2.01. The molecule has 110 valence electrons. The fourth-order valence-corrected chi connectivity index (χ4v) is 3.29. The Morgan fingerprint density at radius 2 is 1.86 bits per heavy atom. The number of benzene rings is 2. The molecular weight excluding hydrogens is 332 g/mol. The lowest BCUT2D eigenvalue weighted by molar-refractivity contribution is 0.0766. The first kappa shape index (κ1) is 14.4. The third-order valence-corrected chi connectivity index (χ3v) is 4.75. The van der Waals surface area contributed by atoms with Crippen molar-refractivity contribution in [1.29, 1.82) is 0 Å². The van der Waals surface area contributed by atoms with E-state index in [-0.39, 0.29) is 10.9 Å². The van der Waals surface area contributed by atoms with Gasteiger partial charge in [-0.05, 0) is 36.8 Å². The number of hydrogen-bond donors (Lipinski definition) is 1. The molecule has 0 saturated carbocycles. The molecule has 0 aliphatic carbocycles. The molecule has 3 rings (SSSR count). The third-order valence-electron chi connectivity index (χ3n) is 3.77. The molecule has 1 N–H and O–H groups in total. The van der Waals surface area contributed by atoms with Crippen LogP contribution in [0.4, 0.5) is 0 Å². The van der Waals surface area contributed by atoms with Gasteiger partial charge in [0, 0.05) is 5.56 Å². The molecule has 0 fully saturated rings. The van der Waals surface area contributed by atoms with E-state index in [1.54, 1.807) is 7.11 Å². The summed E-state index contributed by atoms with van der Waals surface area (Å²) in [4.78, 5) is -0.194. The monoisotopic (exact) mass is 348 g/mol. The molecule has 0 amide bonds. The van der Waals surface area contributed by atoms with Crippen LogP contribution in [0.1, 0.15) is 28.9 Å². The average Bonchev–Trinajstić information content (AvgIpc) is 2.51. The standard InChI is InChI=1S/C17H17BrO3/c1-10-3-8-14-13(9-10)16(19)15(18)17(21-14)11-4-6-12(20-2)7-5-11/h3-9,15-17,19H,1-2H3/t15-,16-,17-/m1/s1. The smallest absolute Gasteiger partial charge is 0.139 e. The van der Waals surface area contributed by atoms with Crippen LogP contribution in [0.2, 0.25) is 0 Å². The Morgan fingerprint density at radius 1 is 1.14 bits per heavy atom. The van der Waals surface area contributed by atoms with Crippen molar-refractivity contribution in [2.45, 2.75) is 24.0 Å². The minimum Gasteiger partial charge on any atom is -0.497 e. The van der Waals surface area contributed by atoms with Crippen LogP contribution >= 0.6 is 15.9 Å². The van der Waals surface area contributed by atoms with Gasteiger partial charge in [-0.25, -0.2) is 0 Å². The van der Waals surface area contributed by atoms with Gasteiger partial charge in [0.2, 0.25) is 0 Å². The molecule has 0 radical (unpaired) electrons. The summed E-state index contributed by atoms with van der Waals surface area (Å²) >= 11 is 3.58.